The summed E-state index contributed by atoms with van der Waals surface area (Å²) in [7, 11) is 0. The Morgan fingerprint density at radius 1 is 0.969 bits per heavy atom. The number of benzene rings is 1. The largest absolute Gasteiger partial charge is 0.474 e. The summed E-state index contributed by atoms with van der Waals surface area (Å²) < 4.78 is 17.5. The van der Waals surface area contributed by atoms with Gasteiger partial charge in [0, 0.05) is 6.20 Å². The minimum atomic E-state index is -1.08. The minimum Gasteiger partial charge on any atom is -0.474 e. The third-order valence-corrected chi connectivity index (χ3v) is 6.08. The van der Waals surface area contributed by atoms with Gasteiger partial charge in [-0.2, -0.15) is 0 Å². The maximum absolute atomic E-state index is 11.8. The molecule has 32 heavy (non-hydrogen) atoms. The standard InChI is InChI=1S/C24H25N3O5/c28-23-24(29)32-21-20-19(31-23)9-6-13-27(20)25-22(21)30-16-5-4-12-26-14-10-18(11-15-26)17-7-2-1-3-8-17/h1-3,6-9,13,18H,4-5,10-12,14-16H2. The van der Waals surface area contributed by atoms with E-state index in [0.717, 1.165) is 32.5 Å². The van der Waals surface area contributed by atoms with Crippen LogP contribution in [0.1, 0.15) is 37.2 Å². The Morgan fingerprint density at radius 3 is 2.56 bits per heavy atom. The van der Waals surface area contributed by atoms with Gasteiger partial charge in [0.05, 0.1) is 6.61 Å². The molecule has 2 aliphatic rings. The molecule has 0 amide bonds. The summed E-state index contributed by atoms with van der Waals surface area (Å²) >= 11 is 0. The molecular weight excluding hydrogens is 410 g/mol. The number of ether oxygens (including phenoxy) is 3. The zero-order chi connectivity index (χ0) is 21.9. The monoisotopic (exact) mass is 435 g/mol. The average molecular weight is 435 g/mol. The summed E-state index contributed by atoms with van der Waals surface area (Å²) in [5, 5.41) is 4.33. The second kappa shape index (κ2) is 9.00. The molecule has 1 aromatic carbocycles. The molecule has 0 aliphatic carbocycles. The van der Waals surface area contributed by atoms with E-state index < -0.39 is 11.9 Å². The maximum atomic E-state index is 11.8. The highest BCUT2D eigenvalue weighted by molar-refractivity contribution is 6.31. The molecule has 0 radical (unpaired) electrons. The number of carbonyl (C=O) groups excluding carboxylic acids is 2. The van der Waals surface area contributed by atoms with Crippen LogP contribution in [0.15, 0.2) is 48.7 Å². The number of likely N-dealkylation sites (tertiary alicyclic amines) is 1. The zero-order valence-electron chi connectivity index (χ0n) is 17.7. The van der Waals surface area contributed by atoms with E-state index in [1.54, 1.807) is 18.3 Å². The molecular formula is C24H25N3O5. The van der Waals surface area contributed by atoms with Gasteiger partial charge in [0.1, 0.15) is 0 Å². The zero-order valence-corrected chi connectivity index (χ0v) is 17.7. The van der Waals surface area contributed by atoms with Gasteiger partial charge in [-0.15, -0.1) is 5.10 Å². The van der Waals surface area contributed by atoms with Crippen LogP contribution in [0.3, 0.4) is 0 Å². The van der Waals surface area contributed by atoms with Crippen LogP contribution in [0.5, 0.6) is 17.4 Å². The van der Waals surface area contributed by atoms with Crippen molar-refractivity contribution in [3.05, 3.63) is 54.2 Å². The summed E-state index contributed by atoms with van der Waals surface area (Å²) in [6, 6.07) is 14.0. The Kier molecular flexibility index (Phi) is 5.77. The molecule has 0 spiro atoms. The first-order valence-corrected chi connectivity index (χ1v) is 11.0. The predicted octanol–water partition coefficient (Wildman–Crippen LogP) is 3.20. The molecule has 1 saturated heterocycles. The van der Waals surface area contributed by atoms with Crippen LogP contribution in [0.4, 0.5) is 0 Å². The topological polar surface area (TPSA) is 82.4 Å². The van der Waals surface area contributed by atoms with E-state index in [1.807, 2.05) is 0 Å². The number of hydrogen-bond donors (Lipinski definition) is 0. The summed E-state index contributed by atoms with van der Waals surface area (Å²) in [4.78, 5) is 26.1. The Hall–Kier alpha value is -3.39. The maximum Gasteiger partial charge on any atom is 0.423 e. The van der Waals surface area contributed by atoms with Crippen LogP contribution in [0.25, 0.3) is 5.52 Å². The molecule has 0 saturated carbocycles. The predicted molar refractivity (Wildman–Crippen MR) is 116 cm³/mol. The number of carbonyl (C=O) groups is 2. The number of pyridine rings is 1. The Labute approximate surface area is 185 Å². The SMILES string of the molecule is O=C1Oc2cccn3nc(OCCCCN4CCC(c5ccccc5)CC4)c(c23)OC1=O. The molecule has 0 unspecified atom stereocenters. The van der Waals surface area contributed by atoms with Crippen molar-refractivity contribution < 1.29 is 23.8 Å². The van der Waals surface area contributed by atoms with Crippen molar-refractivity contribution in [3.8, 4) is 17.4 Å². The van der Waals surface area contributed by atoms with E-state index in [0.29, 0.717) is 18.0 Å². The summed E-state index contributed by atoms with van der Waals surface area (Å²) in [5.41, 5.74) is 1.85. The van der Waals surface area contributed by atoms with E-state index in [9.17, 15) is 9.59 Å². The summed E-state index contributed by atoms with van der Waals surface area (Å²) in [6.07, 6.45) is 5.92. The van der Waals surface area contributed by atoms with Gasteiger partial charge < -0.3 is 19.1 Å². The fourth-order valence-electron chi connectivity index (χ4n) is 4.39. The first kappa shape index (κ1) is 20.5. The lowest BCUT2D eigenvalue weighted by molar-refractivity contribution is -0.155. The molecule has 5 rings (SSSR count). The smallest absolute Gasteiger partial charge is 0.423 e. The third kappa shape index (κ3) is 4.18. The molecule has 166 valence electrons. The van der Waals surface area contributed by atoms with Crippen molar-refractivity contribution in [3.63, 3.8) is 0 Å². The fourth-order valence-corrected chi connectivity index (χ4v) is 4.39. The van der Waals surface area contributed by atoms with Gasteiger partial charge in [0.2, 0.25) is 5.75 Å². The first-order chi connectivity index (χ1) is 15.7. The van der Waals surface area contributed by atoms with Crippen molar-refractivity contribution in [2.75, 3.05) is 26.2 Å². The molecule has 4 heterocycles. The van der Waals surface area contributed by atoms with Gasteiger partial charge in [-0.05, 0) is 68.9 Å². The van der Waals surface area contributed by atoms with Crippen molar-refractivity contribution in [2.45, 2.75) is 31.6 Å². The number of rotatable bonds is 7. The van der Waals surface area contributed by atoms with Crippen molar-refractivity contribution in [1.82, 2.24) is 14.5 Å². The summed E-state index contributed by atoms with van der Waals surface area (Å²) in [5.74, 6) is -0.946. The second-order valence-corrected chi connectivity index (χ2v) is 8.16. The first-order valence-electron chi connectivity index (χ1n) is 11.0. The van der Waals surface area contributed by atoms with Gasteiger partial charge in [-0.1, -0.05) is 30.3 Å². The molecule has 0 atom stereocenters. The lowest BCUT2D eigenvalue weighted by Crippen LogP contribution is -2.33. The van der Waals surface area contributed by atoms with Gasteiger partial charge in [0.25, 0.3) is 5.88 Å². The molecule has 8 nitrogen and oxygen atoms in total. The van der Waals surface area contributed by atoms with Gasteiger partial charge >= 0.3 is 11.9 Å². The second-order valence-electron chi connectivity index (χ2n) is 8.16. The van der Waals surface area contributed by atoms with E-state index in [-0.39, 0.29) is 17.4 Å². The minimum absolute atomic E-state index is 0.124. The highest BCUT2D eigenvalue weighted by Gasteiger charge is 2.31. The average Bonchev–Trinajstić information content (AvgIpc) is 3.11. The Morgan fingerprint density at radius 2 is 1.75 bits per heavy atom. The van der Waals surface area contributed by atoms with Crippen molar-refractivity contribution in [2.24, 2.45) is 0 Å². The molecule has 0 bridgehead atoms. The lowest BCUT2D eigenvalue weighted by atomic mass is 9.89. The number of hydrogen-bond acceptors (Lipinski definition) is 7. The van der Waals surface area contributed by atoms with Crippen molar-refractivity contribution >= 4 is 17.5 Å². The highest BCUT2D eigenvalue weighted by Crippen LogP contribution is 2.38. The third-order valence-electron chi connectivity index (χ3n) is 6.08. The summed E-state index contributed by atoms with van der Waals surface area (Å²) in [6.45, 7) is 3.71. The quantitative estimate of drug-likeness (QED) is 0.320. The molecule has 1 fully saturated rings. The lowest BCUT2D eigenvalue weighted by Gasteiger charge is -2.32. The van der Waals surface area contributed by atoms with Crippen molar-refractivity contribution in [1.29, 1.82) is 0 Å². The molecule has 2 aromatic heterocycles. The van der Waals surface area contributed by atoms with Crippen LogP contribution in [0, 0.1) is 0 Å². The van der Waals surface area contributed by atoms with Crippen LogP contribution in [-0.4, -0.2) is 52.7 Å². The Balaban J connectivity index is 1.11. The van der Waals surface area contributed by atoms with Crippen LogP contribution >= 0.6 is 0 Å². The van der Waals surface area contributed by atoms with Gasteiger partial charge in [-0.25, -0.2) is 14.1 Å². The van der Waals surface area contributed by atoms with Crippen LogP contribution < -0.4 is 14.2 Å². The number of unbranched alkanes of at least 4 members (excludes halogenated alkanes) is 1. The molecule has 3 aromatic rings. The molecule has 0 N–H and O–H groups in total. The van der Waals surface area contributed by atoms with E-state index >= 15 is 0 Å². The Bertz CT molecular complexity index is 1120. The fraction of sp³-hybridized carbons (Fsp3) is 0.375. The molecule has 8 heteroatoms. The number of nitrogens with zero attached hydrogens (tertiary/aromatic N) is 3. The van der Waals surface area contributed by atoms with Crippen LogP contribution in [0.2, 0.25) is 0 Å². The normalized spacial score (nSPS) is 17.1. The number of esters is 2. The van der Waals surface area contributed by atoms with Gasteiger partial charge in [-0.3, -0.25) is 0 Å². The number of aromatic nitrogens is 2. The van der Waals surface area contributed by atoms with Crippen LogP contribution in [-0.2, 0) is 9.59 Å². The van der Waals surface area contributed by atoms with Gasteiger partial charge in [0.15, 0.2) is 11.3 Å². The van der Waals surface area contributed by atoms with E-state index in [1.165, 1.54) is 22.9 Å². The van der Waals surface area contributed by atoms with E-state index in [4.69, 9.17) is 14.2 Å². The number of piperidine rings is 1. The highest BCUT2D eigenvalue weighted by atomic mass is 16.6. The molecule has 2 aliphatic heterocycles. The van der Waals surface area contributed by atoms with E-state index in [2.05, 4.69) is 40.3 Å².